The first-order valence-corrected chi connectivity index (χ1v) is 8.05. The number of nitrogens with one attached hydrogen (secondary N) is 2. The van der Waals surface area contributed by atoms with Crippen LogP contribution in [-0.2, 0) is 13.0 Å². The van der Waals surface area contributed by atoms with Gasteiger partial charge in [0.05, 0.1) is 17.9 Å². The van der Waals surface area contributed by atoms with Crippen LogP contribution in [0.2, 0.25) is 0 Å². The number of hydrogen-bond acceptors (Lipinski definition) is 2. The third kappa shape index (κ3) is 4.48. The fraction of sp³-hybridized carbons (Fsp3) is 0.750. The first kappa shape index (κ1) is 15.9. The van der Waals surface area contributed by atoms with E-state index in [1.165, 1.54) is 12.8 Å². The average molecular weight is 292 g/mol. The minimum atomic E-state index is 0.0463. The molecule has 0 spiro atoms. The Balaban J connectivity index is 1.79. The van der Waals surface area contributed by atoms with Crippen LogP contribution in [0.25, 0.3) is 0 Å². The monoisotopic (exact) mass is 292 g/mol. The molecule has 118 valence electrons. The Bertz CT molecular complexity index is 481. The van der Waals surface area contributed by atoms with E-state index in [2.05, 4.69) is 36.1 Å². The fourth-order valence-electron chi connectivity index (χ4n) is 2.82. The Kier molecular flexibility index (Phi) is 5.26. The van der Waals surface area contributed by atoms with Crippen LogP contribution in [0.3, 0.4) is 0 Å². The number of nitrogens with zero attached hydrogens (tertiary/aromatic N) is 2. The quantitative estimate of drug-likeness (QED) is 0.876. The van der Waals surface area contributed by atoms with Gasteiger partial charge >= 0.3 is 6.03 Å². The predicted molar refractivity (Wildman–Crippen MR) is 84.1 cm³/mol. The molecule has 0 aromatic carbocycles. The largest absolute Gasteiger partial charge is 0.344 e. The topological polar surface area (TPSA) is 61.0 Å². The van der Waals surface area contributed by atoms with Crippen molar-refractivity contribution in [2.24, 2.45) is 5.92 Å². The van der Waals surface area contributed by atoms with Crippen molar-refractivity contribution >= 4 is 6.03 Å². The first-order valence-electron chi connectivity index (χ1n) is 8.05. The van der Waals surface area contributed by atoms with Crippen LogP contribution < -0.4 is 5.32 Å². The highest BCUT2D eigenvalue weighted by molar-refractivity contribution is 5.74. The van der Waals surface area contributed by atoms with Crippen molar-refractivity contribution in [1.82, 2.24) is 20.2 Å². The van der Waals surface area contributed by atoms with Crippen LogP contribution in [0.1, 0.15) is 57.2 Å². The second-order valence-electron chi connectivity index (χ2n) is 6.59. The molecule has 1 aliphatic rings. The number of aryl methyl sites for hydroxylation is 1. The van der Waals surface area contributed by atoms with Crippen molar-refractivity contribution in [3.05, 3.63) is 17.2 Å². The molecule has 0 bridgehead atoms. The zero-order valence-electron chi connectivity index (χ0n) is 13.7. The Morgan fingerprint density at radius 1 is 1.38 bits per heavy atom. The number of amides is 2. The molecule has 2 amide bonds. The summed E-state index contributed by atoms with van der Waals surface area (Å²) in [6, 6.07) is 0.283. The van der Waals surface area contributed by atoms with E-state index in [1.54, 1.807) is 0 Å². The molecule has 5 nitrogen and oxygen atoms in total. The maximum absolute atomic E-state index is 12.3. The van der Waals surface area contributed by atoms with E-state index < -0.39 is 0 Å². The van der Waals surface area contributed by atoms with Gasteiger partial charge in [0.15, 0.2) is 0 Å². The zero-order chi connectivity index (χ0) is 15.4. The molecule has 0 fully saturated rings. The molecule has 2 rings (SSSR count). The summed E-state index contributed by atoms with van der Waals surface area (Å²) in [5.41, 5.74) is 2.20. The number of rotatable bonds is 5. The van der Waals surface area contributed by atoms with Gasteiger partial charge in [-0.05, 0) is 26.2 Å². The van der Waals surface area contributed by atoms with Gasteiger partial charge in [-0.15, -0.1) is 0 Å². The molecule has 1 aliphatic heterocycles. The van der Waals surface area contributed by atoms with Gasteiger partial charge < -0.3 is 15.2 Å². The minimum Gasteiger partial charge on any atom is -0.344 e. The average Bonchev–Trinajstić information content (AvgIpc) is 2.76. The predicted octanol–water partition coefficient (Wildman–Crippen LogP) is 3.00. The van der Waals surface area contributed by atoms with E-state index in [0.29, 0.717) is 6.54 Å². The highest BCUT2D eigenvalue weighted by atomic mass is 16.2. The van der Waals surface area contributed by atoms with E-state index in [-0.39, 0.29) is 12.1 Å². The van der Waals surface area contributed by atoms with Crippen LogP contribution in [0, 0.1) is 12.8 Å². The summed E-state index contributed by atoms with van der Waals surface area (Å²) in [5, 5.41) is 3.11. The molecule has 1 aromatic heterocycles. The first-order chi connectivity index (χ1) is 9.95. The van der Waals surface area contributed by atoms with E-state index in [0.717, 1.165) is 42.5 Å². The van der Waals surface area contributed by atoms with Gasteiger partial charge in [0.2, 0.25) is 0 Å². The molecule has 2 N–H and O–H groups in total. The van der Waals surface area contributed by atoms with Crippen molar-refractivity contribution < 1.29 is 4.79 Å². The number of carbonyl (C=O) groups is 1. The van der Waals surface area contributed by atoms with Gasteiger partial charge in [0, 0.05) is 19.0 Å². The Morgan fingerprint density at radius 2 is 2.14 bits per heavy atom. The molecular formula is C16H28N4O. The number of aromatic nitrogens is 2. The third-order valence-electron chi connectivity index (χ3n) is 4.03. The van der Waals surface area contributed by atoms with Crippen molar-refractivity contribution in [2.45, 2.75) is 66.0 Å². The van der Waals surface area contributed by atoms with Crippen LogP contribution in [0.5, 0.6) is 0 Å². The molecule has 0 unspecified atom stereocenters. The second-order valence-corrected chi connectivity index (χ2v) is 6.59. The molecule has 5 heteroatoms. The van der Waals surface area contributed by atoms with Crippen molar-refractivity contribution in [3.63, 3.8) is 0 Å². The lowest BCUT2D eigenvalue weighted by molar-refractivity contribution is 0.187. The normalized spacial score (nSPS) is 16.0. The maximum atomic E-state index is 12.3. The zero-order valence-corrected chi connectivity index (χ0v) is 13.7. The summed E-state index contributed by atoms with van der Waals surface area (Å²) < 4.78 is 0. The summed E-state index contributed by atoms with van der Waals surface area (Å²) in [6.07, 6.45) is 4.28. The van der Waals surface area contributed by atoms with E-state index >= 15 is 0 Å². The number of imidazole rings is 1. The van der Waals surface area contributed by atoms with Crippen LogP contribution >= 0.6 is 0 Å². The van der Waals surface area contributed by atoms with Crippen molar-refractivity contribution in [2.75, 3.05) is 6.54 Å². The Labute approximate surface area is 127 Å². The summed E-state index contributed by atoms with van der Waals surface area (Å²) in [6.45, 7) is 9.91. The van der Waals surface area contributed by atoms with E-state index in [9.17, 15) is 4.79 Å². The smallest absolute Gasteiger partial charge is 0.317 e. The molecule has 0 saturated heterocycles. The summed E-state index contributed by atoms with van der Waals surface area (Å²) in [7, 11) is 0. The van der Waals surface area contributed by atoms with Crippen molar-refractivity contribution in [3.8, 4) is 0 Å². The molecule has 0 saturated carbocycles. The molecule has 1 aromatic rings. The molecule has 0 aliphatic carbocycles. The van der Waals surface area contributed by atoms with Gasteiger partial charge in [-0.1, -0.05) is 26.7 Å². The fourth-order valence-corrected chi connectivity index (χ4v) is 2.82. The summed E-state index contributed by atoms with van der Waals surface area (Å²) in [4.78, 5) is 21.9. The summed E-state index contributed by atoms with van der Waals surface area (Å²) >= 11 is 0. The lowest BCUT2D eigenvalue weighted by Gasteiger charge is -2.28. The van der Waals surface area contributed by atoms with Crippen LogP contribution in [-0.4, -0.2) is 33.5 Å². The highest BCUT2D eigenvalue weighted by Crippen LogP contribution is 2.16. The highest BCUT2D eigenvalue weighted by Gasteiger charge is 2.23. The molecular weight excluding hydrogens is 264 g/mol. The van der Waals surface area contributed by atoms with Gasteiger partial charge in [0.25, 0.3) is 0 Å². The lowest BCUT2D eigenvalue weighted by Crippen LogP contribution is -2.45. The molecule has 21 heavy (non-hydrogen) atoms. The van der Waals surface area contributed by atoms with Gasteiger partial charge in [0.1, 0.15) is 5.82 Å². The lowest BCUT2D eigenvalue weighted by atomic mass is 10.0. The number of hydrogen-bond donors (Lipinski definition) is 2. The number of carbonyl (C=O) groups excluding carboxylic acids is 1. The SMILES string of the molecule is Cc1nc2c([nH]1)CN(C(=O)N[C@H](C)CCCC(C)C)CC2. The van der Waals surface area contributed by atoms with Gasteiger partial charge in [-0.25, -0.2) is 9.78 Å². The Morgan fingerprint density at radius 3 is 2.86 bits per heavy atom. The van der Waals surface area contributed by atoms with Crippen LogP contribution in [0.15, 0.2) is 0 Å². The number of fused-ring (bicyclic) bond motifs is 1. The van der Waals surface area contributed by atoms with Gasteiger partial charge in [-0.2, -0.15) is 0 Å². The maximum Gasteiger partial charge on any atom is 0.317 e. The molecule has 0 radical (unpaired) electrons. The molecule has 2 heterocycles. The standard InChI is InChI=1S/C16H28N4O/c1-11(2)6-5-7-12(3)17-16(21)20-9-8-14-15(10-20)19-13(4)18-14/h11-12H,5-10H2,1-4H3,(H,17,21)(H,18,19)/t12-/m1/s1. The van der Waals surface area contributed by atoms with Crippen LogP contribution in [0.4, 0.5) is 4.79 Å². The van der Waals surface area contributed by atoms with E-state index in [1.807, 2.05) is 11.8 Å². The minimum absolute atomic E-state index is 0.0463. The number of urea groups is 1. The third-order valence-corrected chi connectivity index (χ3v) is 4.03. The van der Waals surface area contributed by atoms with Crippen molar-refractivity contribution in [1.29, 1.82) is 0 Å². The molecule has 1 atom stereocenters. The van der Waals surface area contributed by atoms with E-state index in [4.69, 9.17) is 0 Å². The Hall–Kier alpha value is -1.52. The summed E-state index contributed by atoms with van der Waals surface area (Å²) in [5.74, 6) is 1.67. The second kappa shape index (κ2) is 6.96. The number of aromatic amines is 1. The van der Waals surface area contributed by atoms with Gasteiger partial charge in [-0.3, -0.25) is 0 Å². The number of H-pyrrole nitrogens is 1.